The molecule has 1 aromatic carbocycles. The Bertz CT molecular complexity index is 943. The largest absolute Gasteiger partial charge is 0.444 e. The van der Waals surface area contributed by atoms with Crippen LogP contribution in [-0.2, 0) is 14.8 Å². The number of hydrogen-bond acceptors (Lipinski definition) is 5. The number of sulfonamides is 1. The number of carbonyl (C=O) groups excluding carboxylic acids is 1. The predicted molar refractivity (Wildman–Crippen MR) is 127 cm³/mol. The molecular formula is C24H34ClN3O4S. The van der Waals surface area contributed by atoms with Crippen molar-refractivity contribution in [3.05, 3.63) is 29.3 Å². The zero-order valence-electron chi connectivity index (χ0n) is 19.1. The number of benzene rings is 1. The lowest BCUT2D eigenvalue weighted by Crippen LogP contribution is -2.53. The van der Waals surface area contributed by atoms with Crippen molar-refractivity contribution in [3.8, 4) is 0 Å². The first-order valence-electron chi connectivity index (χ1n) is 12.4. The van der Waals surface area contributed by atoms with Crippen LogP contribution in [0.15, 0.2) is 29.2 Å². The van der Waals surface area contributed by atoms with Crippen molar-refractivity contribution in [2.24, 2.45) is 0 Å². The van der Waals surface area contributed by atoms with Crippen molar-refractivity contribution in [1.82, 2.24) is 14.1 Å². The molecule has 0 radical (unpaired) electrons. The van der Waals surface area contributed by atoms with Gasteiger partial charge in [-0.25, -0.2) is 13.2 Å². The number of likely N-dealkylation sites (tertiary alicyclic amines) is 2. The summed E-state index contributed by atoms with van der Waals surface area (Å²) in [5.41, 5.74) is 0. The molecule has 4 aliphatic heterocycles. The molecular weight excluding hydrogens is 462 g/mol. The van der Waals surface area contributed by atoms with E-state index in [0.717, 1.165) is 38.5 Å². The number of piperidine rings is 3. The lowest BCUT2D eigenvalue weighted by Gasteiger charge is -2.41. The Morgan fingerprint density at radius 1 is 0.848 bits per heavy atom. The van der Waals surface area contributed by atoms with Crippen LogP contribution in [0, 0.1) is 0 Å². The van der Waals surface area contributed by atoms with Gasteiger partial charge in [0.2, 0.25) is 10.0 Å². The second kappa shape index (κ2) is 9.72. The Kier molecular flexibility index (Phi) is 6.89. The molecule has 0 saturated carbocycles. The normalized spacial score (nSPS) is 29.8. The van der Waals surface area contributed by atoms with Crippen LogP contribution in [0.25, 0.3) is 0 Å². The van der Waals surface area contributed by atoms with E-state index in [9.17, 15) is 13.2 Å². The van der Waals surface area contributed by atoms with Crippen LogP contribution in [0.3, 0.4) is 0 Å². The minimum atomic E-state index is -3.66. The van der Waals surface area contributed by atoms with Gasteiger partial charge >= 0.3 is 6.09 Å². The van der Waals surface area contributed by atoms with Crippen molar-refractivity contribution >= 4 is 27.7 Å². The first-order chi connectivity index (χ1) is 15.9. The van der Waals surface area contributed by atoms with E-state index in [2.05, 4.69) is 4.90 Å². The molecule has 5 rings (SSSR count). The molecule has 0 spiro atoms. The molecule has 2 bridgehead atoms. The fourth-order valence-electron chi connectivity index (χ4n) is 6.20. The second-order valence-electron chi connectivity index (χ2n) is 9.90. The summed E-state index contributed by atoms with van der Waals surface area (Å²) >= 11 is 5.95. The van der Waals surface area contributed by atoms with Crippen LogP contribution in [0.1, 0.15) is 57.8 Å². The molecule has 0 aromatic heterocycles. The summed E-state index contributed by atoms with van der Waals surface area (Å²) in [5.74, 6) is 0. The van der Waals surface area contributed by atoms with Crippen LogP contribution in [-0.4, -0.2) is 79.0 Å². The van der Waals surface area contributed by atoms with Crippen molar-refractivity contribution in [2.45, 2.75) is 86.9 Å². The number of halogens is 1. The highest BCUT2D eigenvalue weighted by molar-refractivity contribution is 7.89. The summed E-state index contributed by atoms with van der Waals surface area (Å²) in [6, 6.07) is 6.57. The van der Waals surface area contributed by atoms with Crippen molar-refractivity contribution < 1.29 is 17.9 Å². The van der Waals surface area contributed by atoms with Crippen molar-refractivity contribution in [3.63, 3.8) is 0 Å². The molecule has 1 aromatic rings. The van der Waals surface area contributed by atoms with E-state index in [0.29, 0.717) is 24.2 Å². The van der Waals surface area contributed by atoms with E-state index in [1.54, 1.807) is 28.6 Å². The maximum absolute atomic E-state index is 13.4. The van der Waals surface area contributed by atoms with Gasteiger partial charge in [-0.1, -0.05) is 18.0 Å². The van der Waals surface area contributed by atoms with E-state index in [-0.39, 0.29) is 23.1 Å². The topological polar surface area (TPSA) is 70.2 Å². The van der Waals surface area contributed by atoms with E-state index in [1.165, 1.54) is 32.4 Å². The summed E-state index contributed by atoms with van der Waals surface area (Å²) in [5, 5.41) is 0.506. The third-order valence-corrected chi connectivity index (χ3v) is 10.2. The van der Waals surface area contributed by atoms with Gasteiger partial charge in [0, 0.05) is 30.2 Å². The quantitative estimate of drug-likeness (QED) is 0.628. The lowest BCUT2D eigenvalue weighted by molar-refractivity contribution is 0.00323. The van der Waals surface area contributed by atoms with E-state index in [1.807, 2.05) is 4.90 Å². The lowest BCUT2D eigenvalue weighted by atomic mass is 10.00. The summed E-state index contributed by atoms with van der Waals surface area (Å²) in [6.45, 7) is 3.79. The van der Waals surface area contributed by atoms with E-state index >= 15 is 0 Å². The first-order valence-corrected chi connectivity index (χ1v) is 14.2. The van der Waals surface area contributed by atoms with Crippen LogP contribution < -0.4 is 0 Å². The average molecular weight is 496 g/mol. The van der Waals surface area contributed by atoms with Gasteiger partial charge in [0.25, 0.3) is 0 Å². The van der Waals surface area contributed by atoms with Gasteiger partial charge in [-0.3, -0.25) is 0 Å². The van der Waals surface area contributed by atoms with Gasteiger partial charge in [-0.2, -0.15) is 4.31 Å². The van der Waals surface area contributed by atoms with Gasteiger partial charge in [-0.15, -0.1) is 0 Å². The average Bonchev–Trinajstić information content (AvgIpc) is 3.18. The van der Waals surface area contributed by atoms with Crippen LogP contribution in [0.4, 0.5) is 4.79 Å². The molecule has 9 heteroatoms. The Labute approximate surface area is 202 Å². The van der Waals surface area contributed by atoms with Crippen molar-refractivity contribution in [2.75, 3.05) is 26.2 Å². The smallest absolute Gasteiger partial charge is 0.410 e. The third kappa shape index (κ3) is 4.77. The highest BCUT2D eigenvalue weighted by Gasteiger charge is 2.50. The van der Waals surface area contributed by atoms with E-state index in [4.69, 9.17) is 16.3 Å². The molecule has 4 aliphatic rings. The van der Waals surface area contributed by atoms with Crippen LogP contribution >= 0.6 is 11.6 Å². The van der Waals surface area contributed by atoms with Gasteiger partial charge in [0.05, 0.1) is 10.9 Å². The molecule has 33 heavy (non-hydrogen) atoms. The number of nitrogens with zero attached hydrogens (tertiary/aromatic N) is 3. The van der Waals surface area contributed by atoms with Gasteiger partial charge in [-0.05, 0) is 88.7 Å². The molecule has 0 N–H and O–H groups in total. The zero-order valence-corrected chi connectivity index (χ0v) is 20.6. The second-order valence-corrected chi connectivity index (χ2v) is 12.2. The fourth-order valence-corrected chi connectivity index (χ4v) is 8.25. The van der Waals surface area contributed by atoms with E-state index < -0.39 is 16.1 Å². The molecule has 4 fully saturated rings. The molecule has 4 saturated heterocycles. The molecule has 2 unspecified atom stereocenters. The highest BCUT2D eigenvalue weighted by atomic mass is 35.5. The summed E-state index contributed by atoms with van der Waals surface area (Å²) in [4.78, 5) is 17.6. The minimum Gasteiger partial charge on any atom is -0.444 e. The molecule has 7 nitrogen and oxygen atoms in total. The standard InChI is InChI=1S/C24H34ClN3O4S/c25-18-4-8-21(9-5-18)33(30,31)28-20-6-10-22(28)23(11-7-20)32-24(29)27-16-12-19(13-17-27)26-14-2-1-3-15-26/h4-5,8-9,19-20,22-23H,1-3,6-7,10-17H2/t20?,22?,23-/m0/s1. The number of rotatable bonds is 4. The summed E-state index contributed by atoms with van der Waals surface area (Å²) in [7, 11) is -3.66. The fraction of sp³-hybridized carbons (Fsp3) is 0.708. The number of carbonyl (C=O) groups is 1. The van der Waals surface area contributed by atoms with Crippen LogP contribution in [0.5, 0.6) is 0 Å². The number of hydrogen-bond donors (Lipinski definition) is 0. The zero-order chi connectivity index (χ0) is 23.0. The maximum Gasteiger partial charge on any atom is 0.410 e. The Hall–Kier alpha value is -1.35. The molecule has 182 valence electrons. The molecule has 1 amide bonds. The predicted octanol–water partition coefficient (Wildman–Crippen LogP) is 4.11. The molecule has 4 heterocycles. The van der Waals surface area contributed by atoms with Gasteiger partial charge in [0.1, 0.15) is 6.10 Å². The number of fused-ring (bicyclic) bond motifs is 2. The Morgan fingerprint density at radius 2 is 1.52 bits per heavy atom. The first kappa shape index (κ1) is 23.4. The molecule has 0 aliphatic carbocycles. The number of amides is 1. The Morgan fingerprint density at radius 3 is 2.21 bits per heavy atom. The maximum atomic E-state index is 13.4. The summed E-state index contributed by atoms with van der Waals surface area (Å²) in [6.07, 6.45) is 8.17. The van der Waals surface area contributed by atoms with Gasteiger partial charge < -0.3 is 14.5 Å². The summed E-state index contributed by atoms with van der Waals surface area (Å²) < 4.78 is 34.4. The number of ether oxygens (including phenoxy) is 1. The van der Waals surface area contributed by atoms with Crippen LogP contribution in [0.2, 0.25) is 5.02 Å². The SMILES string of the molecule is O=C(O[C@H]1CCC2CCC1N2S(=O)(=O)c1ccc(Cl)cc1)N1CCC(N2CCCCC2)CC1. The Balaban J connectivity index is 1.21. The van der Waals surface area contributed by atoms with Gasteiger partial charge in [0.15, 0.2) is 0 Å². The minimum absolute atomic E-state index is 0.0223. The monoisotopic (exact) mass is 495 g/mol. The highest BCUT2D eigenvalue weighted by Crippen LogP contribution is 2.41. The third-order valence-electron chi connectivity index (χ3n) is 7.97. The van der Waals surface area contributed by atoms with Crippen molar-refractivity contribution in [1.29, 1.82) is 0 Å². The molecule has 3 atom stereocenters.